The molecule has 1 aromatic heterocycles. The molecule has 1 aliphatic rings. The van der Waals surface area contributed by atoms with Crippen LogP contribution in [0.2, 0.25) is 0 Å². The Bertz CT molecular complexity index is 998. The largest absolute Gasteiger partial charge is 0.351 e. The standard InChI is InChI=1S/C23H25FN4O/c1-15-20(16(2)28(27-15)19-10-8-18(24)9-11-19)14-25-23(29)22-13-12-21(26-22)17-6-4-3-5-7-17/h3-11,21-22,26H,12-14H2,1-2H3,(H,25,29)/t21-,22-/m1/s1. The second kappa shape index (κ2) is 8.17. The third kappa shape index (κ3) is 4.07. The van der Waals surface area contributed by atoms with Crippen molar-refractivity contribution >= 4 is 5.91 Å². The second-order valence-corrected chi connectivity index (χ2v) is 7.52. The maximum Gasteiger partial charge on any atom is 0.237 e. The van der Waals surface area contributed by atoms with Gasteiger partial charge in [0.1, 0.15) is 5.82 Å². The predicted molar refractivity (Wildman–Crippen MR) is 110 cm³/mol. The molecule has 0 radical (unpaired) electrons. The lowest BCUT2D eigenvalue weighted by Crippen LogP contribution is -2.40. The van der Waals surface area contributed by atoms with Crippen molar-refractivity contribution in [3.8, 4) is 5.69 Å². The first-order valence-electron chi connectivity index (χ1n) is 9.92. The second-order valence-electron chi connectivity index (χ2n) is 7.52. The maximum absolute atomic E-state index is 13.2. The fraction of sp³-hybridized carbons (Fsp3) is 0.304. The van der Waals surface area contributed by atoms with Crippen molar-refractivity contribution in [3.63, 3.8) is 0 Å². The summed E-state index contributed by atoms with van der Waals surface area (Å²) in [6, 6.07) is 16.5. The Balaban J connectivity index is 1.40. The molecule has 5 nitrogen and oxygen atoms in total. The summed E-state index contributed by atoms with van der Waals surface area (Å²) in [5.74, 6) is -0.266. The monoisotopic (exact) mass is 392 g/mol. The lowest BCUT2D eigenvalue weighted by atomic mass is 10.1. The minimum atomic E-state index is -0.277. The molecule has 4 rings (SSSR count). The molecule has 29 heavy (non-hydrogen) atoms. The summed E-state index contributed by atoms with van der Waals surface area (Å²) < 4.78 is 15.0. The number of benzene rings is 2. The zero-order chi connectivity index (χ0) is 20.4. The Kier molecular flexibility index (Phi) is 5.45. The van der Waals surface area contributed by atoms with Crippen molar-refractivity contribution in [3.05, 3.63) is 82.9 Å². The van der Waals surface area contributed by atoms with Crippen LogP contribution >= 0.6 is 0 Å². The summed E-state index contributed by atoms with van der Waals surface area (Å²) in [6.45, 7) is 4.31. The number of hydrogen-bond acceptors (Lipinski definition) is 3. The van der Waals surface area contributed by atoms with Crippen LogP contribution in [-0.2, 0) is 11.3 Å². The van der Waals surface area contributed by atoms with E-state index in [1.54, 1.807) is 16.8 Å². The van der Waals surface area contributed by atoms with Crippen molar-refractivity contribution < 1.29 is 9.18 Å². The van der Waals surface area contributed by atoms with Crippen molar-refractivity contribution in [1.29, 1.82) is 0 Å². The van der Waals surface area contributed by atoms with Gasteiger partial charge in [0.25, 0.3) is 0 Å². The minimum Gasteiger partial charge on any atom is -0.351 e. The zero-order valence-electron chi connectivity index (χ0n) is 16.7. The summed E-state index contributed by atoms with van der Waals surface area (Å²) in [7, 11) is 0. The van der Waals surface area contributed by atoms with E-state index in [4.69, 9.17) is 0 Å². The number of hydrogen-bond donors (Lipinski definition) is 2. The number of nitrogens with zero attached hydrogens (tertiary/aromatic N) is 2. The van der Waals surface area contributed by atoms with Gasteiger partial charge in [-0.1, -0.05) is 30.3 Å². The molecule has 150 valence electrons. The van der Waals surface area contributed by atoms with E-state index < -0.39 is 0 Å². The Morgan fingerprint density at radius 3 is 2.59 bits per heavy atom. The molecule has 0 aliphatic carbocycles. The van der Waals surface area contributed by atoms with E-state index in [0.29, 0.717) is 6.54 Å². The lowest BCUT2D eigenvalue weighted by Gasteiger charge is -2.15. The number of carbonyl (C=O) groups is 1. The summed E-state index contributed by atoms with van der Waals surface area (Å²) in [5, 5.41) is 11.1. The van der Waals surface area contributed by atoms with Crippen LogP contribution in [0, 0.1) is 19.7 Å². The summed E-state index contributed by atoms with van der Waals surface area (Å²) in [4.78, 5) is 12.7. The Morgan fingerprint density at radius 2 is 1.86 bits per heavy atom. The molecule has 2 aromatic carbocycles. The van der Waals surface area contributed by atoms with E-state index >= 15 is 0 Å². The van der Waals surface area contributed by atoms with Gasteiger partial charge >= 0.3 is 0 Å². The molecule has 1 saturated heterocycles. The highest BCUT2D eigenvalue weighted by Gasteiger charge is 2.29. The molecule has 1 amide bonds. The van der Waals surface area contributed by atoms with Gasteiger partial charge < -0.3 is 5.32 Å². The summed E-state index contributed by atoms with van der Waals surface area (Å²) in [6.07, 6.45) is 1.76. The molecule has 2 N–H and O–H groups in total. The molecule has 0 spiro atoms. The molecule has 0 unspecified atom stereocenters. The molecular formula is C23H25FN4O. The first kappa shape index (κ1) is 19.3. The number of aromatic nitrogens is 2. The first-order chi connectivity index (χ1) is 14.0. The van der Waals surface area contributed by atoms with E-state index in [2.05, 4.69) is 27.9 Å². The highest BCUT2D eigenvalue weighted by molar-refractivity contribution is 5.82. The van der Waals surface area contributed by atoms with Gasteiger partial charge in [0.2, 0.25) is 5.91 Å². The Hall–Kier alpha value is -2.99. The Labute approximate surface area is 169 Å². The van der Waals surface area contributed by atoms with Gasteiger partial charge in [0.15, 0.2) is 0 Å². The highest BCUT2D eigenvalue weighted by atomic mass is 19.1. The minimum absolute atomic E-state index is 0.0109. The number of nitrogens with one attached hydrogen (secondary N) is 2. The molecule has 6 heteroatoms. The smallest absolute Gasteiger partial charge is 0.237 e. The number of carbonyl (C=O) groups excluding carboxylic acids is 1. The number of aryl methyl sites for hydroxylation is 1. The number of halogens is 1. The normalized spacial score (nSPS) is 18.7. The maximum atomic E-state index is 13.2. The van der Waals surface area contributed by atoms with Crippen LogP contribution in [0.3, 0.4) is 0 Å². The van der Waals surface area contributed by atoms with Gasteiger partial charge in [0.05, 0.1) is 17.4 Å². The van der Waals surface area contributed by atoms with Gasteiger partial charge in [-0.05, 0) is 56.5 Å². The lowest BCUT2D eigenvalue weighted by molar-refractivity contribution is -0.123. The van der Waals surface area contributed by atoms with Crippen molar-refractivity contribution in [2.75, 3.05) is 0 Å². The molecule has 0 saturated carbocycles. The first-order valence-corrected chi connectivity index (χ1v) is 9.92. The van der Waals surface area contributed by atoms with Crippen LogP contribution in [0.4, 0.5) is 4.39 Å². The quantitative estimate of drug-likeness (QED) is 0.695. The zero-order valence-corrected chi connectivity index (χ0v) is 16.7. The average Bonchev–Trinajstić information content (AvgIpc) is 3.33. The molecule has 2 heterocycles. The van der Waals surface area contributed by atoms with Crippen LogP contribution in [0.25, 0.3) is 5.69 Å². The van der Waals surface area contributed by atoms with Crippen molar-refractivity contribution in [2.24, 2.45) is 0 Å². The topological polar surface area (TPSA) is 59.0 Å². The predicted octanol–water partition coefficient (Wildman–Crippen LogP) is 3.74. The fourth-order valence-electron chi connectivity index (χ4n) is 3.96. The molecule has 0 bridgehead atoms. The molecule has 1 aliphatic heterocycles. The SMILES string of the molecule is Cc1nn(-c2ccc(F)cc2)c(C)c1CNC(=O)[C@H]1CC[C@H](c2ccccc2)N1. The summed E-state index contributed by atoms with van der Waals surface area (Å²) in [5.41, 5.74) is 4.80. The molecule has 3 aromatic rings. The third-order valence-electron chi connectivity index (χ3n) is 5.62. The Morgan fingerprint density at radius 1 is 1.14 bits per heavy atom. The molecule has 2 atom stereocenters. The van der Waals surface area contributed by atoms with Gasteiger partial charge in [-0.2, -0.15) is 5.10 Å². The van der Waals surface area contributed by atoms with E-state index in [-0.39, 0.29) is 23.8 Å². The van der Waals surface area contributed by atoms with Crippen LogP contribution in [0.15, 0.2) is 54.6 Å². The van der Waals surface area contributed by atoms with Gasteiger partial charge in [-0.3, -0.25) is 10.1 Å². The third-order valence-corrected chi connectivity index (χ3v) is 5.62. The van der Waals surface area contributed by atoms with Gasteiger partial charge in [-0.25, -0.2) is 9.07 Å². The number of rotatable bonds is 5. The fourth-order valence-corrected chi connectivity index (χ4v) is 3.96. The van der Waals surface area contributed by atoms with Crippen molar-refractivity contribution in [2.45, 2.75) is 45.3 Å². The highest BCUT2D eigenvalue weighted by Crippen LogP contribution is 2.26. The average molecular weight is 392 g/mol. The van der Waals surface area contributed by atoms with Crippen LogP contribution in [-0.4, -0.2) is 21.7 Å². The van der Waals surface area contributed by atoms with Crippen LogP contribution in [0.1, 0.15) is 41.4 Å². The molecular weight excluding hydrogens is 367 g/mol. The van der Waals surface area contributed by atoms with Gasteiger partial charge in [0, 0.05) is 23.8 Å². The summed E-state index contributed by atoms with van der Waals surface area (Å²) >= 11 is 0. The number of amides is 1. The van der Waals surface area contributed by atoms with Crippen LogP contribution < -0.4 is 10.6 Å². The van der Waals surface area contributed by atoms with E-state index in [0.717, 1.165) is 35.5 Å². The molecule has 1 fully saturated rings. The van der Waals surface area contributed by atoms with Crippen LogP contribution in [0.5, 0.6) is 0 Å². The van der Waals surface area contributed by atoms with E-state index in [1.165, 1.54) is 17.7 Å². The van der Waals surface area contributed by atoms with Gasteiger partial charge in [-0.15, -0.1) is 0 Å². The van der Waals surface area contributed by atoms with Crippen molar-refractivity contribution in [1.82, 2.24) is 20.4 Å². The van der Waals surface area contributed by atoms with E-state index in [9.17, 15) is 9.18 Å². The van der Waals surface area contributed by atoms with E-state index in [1.807, 2.05) is 32.0 Å².